The van der Waals surface area contributed by atoms with E-state index in [1.54, 1.807) is 51.8 Å². The quantitative estimate of drug-likeness (QED) is 0.148. The fourth-order valence-corrected chi connectivity index (χ4v) is 15.4. The molecule has 0 atom stereocenters. The minimum Gasteiger partial charge on any atom is -0.454 e. The summed E-state index contributed by atoms with van der Waals surface area (Å²) in [6.07, 6.45) is 1.44. The molecule has 6 amide bonds. The predicted molar refractivity (Wildman–Crippen MR) is 384 cm³/mol. The van der Waals surface area contributed by atoms with Crippen LogP contribution < -0.4 is 14.7 Å². The topological polar surface area (TPSA) is 190 Å². The van der Waals surface area contributed by atoms with Crippen molar-refractivity contribution in [3.63, 3.8) is 0 Å². The largest absolute Gasteiger partial charge is 0.454 e. The number of fused-ring (bicyclic) bond motifs is 7. The van der Waals surface area contributed by atoms with Crippen LogP contribution in [-0.4, -0.2) is 50.4 Å². The van der Waals surface area contributed by atoms with Gasteiger partial charge in [0, 0.05) is 22.2 Å². The molecule has 0 bridgehead atoms. The van der Waals surface area contributed by atoms with E-state index in [9.17, 15) is 28.8 Å². The second-order valence-corrected chi connectivity index (χ2v) is 27.6. The number of aromatic nitrogens is 3. The molecule has 0 radical (unpaired) electrons. The van der Waals surface area contributed by atoms with E-state index in [1.165, 1.54) is 82.0 Å². The van der Waals surface area contributed by atoms with Gasteiger partial charge in [-0.05, 0) is 198 Å². The summed E-state index contributed by atoms with van der Waals surface area (Å²) >= 11 is 6.17. The molecule has 0 spiro atoms. The first-order valence-electron chi connectivity index (χ1n) is 30.7. The lowest BCUT2D eigenvalue weighted by Crippen LogP contribution is -2.29. The number of nitrogens with zero attached hydrogens (tertiary/aromatic N) is 6. The highest BCUT2D eigenvalue weighted by molar-refractivity contribution is 7.22. The van der Waals surface area contributed by atoms with Gasteiger partial charge >= 0.3 is 0 Å². The number of benzene rings is 7. The molecule has 0 saturated heterocycles. The maximum atomic E-state index is 12.4. The van der Waals surface area contributed by atoms with Gasteiger partial charge in [0.25, 0.3) is 35.4 Å². The van der Waals surface area contributed by atoms with Crippen molar-refractivity contribution in [2.24, 2.45) is 0 Å². The molecule has 17 rings (SSSR count). The van der Waals surface area contributed by atoms with Crippen LogP contribution in [0.4, 0.5) is 16.7 Å². The van der Waals surface area contributed by atoms with E-state index in [-0.39, 0.29) is 41.3 Å². The van der Waals surface area contributed by atoms with Gasteiger partial charge in [-0.25, -0.2) is 29.7 Å². The van der Waals surface area contributed by atoms with Crippen LogP contribution >= 0.6 is 45.3 Å². The highest BCUT2D eigenvalue weighted by Crippen LogP contribution is 2.41. The summed E-state index contributed by atoms with van der Waals surface area (Å²) in [6, 6.07) is 43.3. The normalized spacial score (nSPS) is 13.1. The average Bonchev–Trinajstić information content (AvgIpc) is 1.62. The average molecular weight is 1340 g/mol. The van der Waals surface area contributed by atoms with E-state index in [0.717, 1.165) is 92.3 Å². The third-order valence-electron chi connectivity index (χ3n) is 17.2. The van der Waals surface area contributed by atoms with Crippen molar-refractivity contribution in [2.45, 2.75) is 83.1 Å². The Hall–Kier alpha value is -10.6. The molecule has 7 aromatic heterocycles. The second-order valence-electron chi connectivity index (χ2n) is 24.0. The zero-order chi connectivity index (χ0) is 67.7. The highest BCUT2D eigenvalue weighted by atomic mass is 32.1. The lowest BCUT2D eigenvalue weighted by atomic mass is 9.99. The molecule has 10 heterocycles. The summed E-state index contributed by atoms with van der Waals surface area (Å²) in [5, 5.41) is 8.45. The Morgan fingerprint density at radius 1 is 0.406 bits per heavy atom. The number of rotatable bonds is 5. The number of amides is 6. The van der Waals surface area contributed by atoms with Crippen LogP contribution in [0.25, 0.3) is 63.9 Å². The Morgan fingerprint density at radius 3 is 1.32 bits per heavy atom. The van der Waals surface area contributed by atoms with Gasteiger partial charge in [0.2, 0.25) is 5.88 Å². The minimum atomic E-state index is -0.314. The summed E-state index contributed by atoms with van der Waals surface area (Å²) in [4.78, 5) is 91.3. The lowest BCUT2D eigenvalue weighted by Gasteiger charge is -2.10. The minimum absolute atomic E-state index is 0.210. The van der Waals surface area contributed by atoms with Crippen molar-refractivity contribution in [1.82, 2.24) is 15.0 Å². The molecule has 19 heteroatoms. The number of anilines is 3. The van der Waals surface area contributed by atoms with Crippen LogP contribution in [-0.2, 0) is 0 Å². The van der Waals surface area contributed by atoms with Crippen molar-refractivity contribution < 1.29 is 42.0 Å². The molecule has 96 heavy (non-hydrogen) atoms. The molecule has 7 aromatic carbocycles. The highest BCUT2D eigenvalue weighted by Gasteiger charge is 2.42. The van der Waals surface area contributed by atoms with E-state index >= 15 is 0 Å². The third-order valence-corrected chi connectivity index (χ3v) is 21.1. The van der Waals surface area contributed by atoms with Crippen LogP contribution in [0.15, 0.2) is 169 Å². The van der Waals surface area contributed by atoms with E-state index in [4.69, 9.17) is 23.2 Å². The van der Waals surface area contributed by atoms with E-state index in [0.29, 0.717) is 44.2 Å². The van der Waals surface area contributed by atoms with Crippen LogP contribution in [0, 0.1) is 83.1 Å². The van der Waals surface area contributed by atoms with Crippen molar-refractivity contribution in [2.75, 3.05) is 14.7 Å². The summed E-state index contributed by atoms with van der Waals surface area (Å²) in [6.45, 7) is 23.7. The van der Waals surface area contributed by atoms with Crippen LogP contribution in [0.3, 0.4) is 0 Å². The van der Waals surface area contributed by atoms with Gasteiger partial charge in [-0.3, -0.25) is 28.8 Å². The molecule has 3 aliphatic heterocycles. The fourth-order valence-electron chi connectivity index (χ4n) is 12.0. The van der Waals surface area contributed by atoms with Gasteiger partial charge in [0.1, 0.15) is 16.2 Å². The molecule has 0 fully saturated rings. The van der Waals surface area contributed by atoms with Crippen molar-refractivity contribution in [1.29, 1.82) is 0 Å². The smallest absolute Gasteiger partial charge is 0.268 e. The zero-order valence-electron chi connectivity index (χ0n) is 54.5. The van der Waals surface area contributed by atoms with Crippen LogP contribution in [0.1, 0.15) is 129 Å². The van der Waals surface area contributed by atoms with Gasteiger partial charge in [0.05, 0.1) is 65.6 Å². The van der Waals surface area contributed by atoms with Crippen molar-refractivity contribution in [3.05, 3.63) is 256 Å². The number of aryl methyl sites for hydroxylation is 12. The first kappa shape index (κ1) is 64.2. The van der Waals surface area contributed by atoms with Gasteiger partial charge < -0.3 is 13.3 Å². The molecule has 478 valence electrons. The number of thiophene rings is 1. The maximum absolute atomic E-state index is 12.4. The number of furan rings is 3. The van der Waals surface area contributed by atoms with Gasteiger partial charge in [-0.15, -0.1) is 45.3 Å². The molecular weight excluding hydrogens is 1280 g/mol. The number of hydrogen-bond acceptors (Lipinski definition) is 16. The number of thiazole rings is 3. The molecule has 3 aliphatic rings. The maximum Gasteiger partial charge on any atom is 0.268 e. The van der Waals surface area contributed by atoms with E-state index in [1.807, 2.05) is 102 Å². The summed E-state index contributed by atoms with van der Waals surface area (Å²) in [7, 11) is 0. The number of carbonyl (C=O) groups excluding carboxylic acids is 6. The molecule has 15 nitrogen and oxygen atoms in total. The molecule has 14 aromatic rings. The van der Waals surface area contributed by atoms with Gasteiger partial charge in [-0.2, -0.15) is 0 Å². The number of carbonyl (C=O) groups is 6. The molecule has 0 N–H and O–H groups in total. The van der Waals surface area contributed by atoms with Gasteiger partial charge in [0.15, 0.2) is 27.4 Å². The molecule has 0 saturated carbocycles. The summed E-state index contributed by atoms with van der Waals surface area (Å²) in [5.74, 6) is 0.790. The Bertz CT molecular complexity index is 5010. The Kier molecular flexibility index (Phi) is 17.1. The summed E-state index contributed by atoms with van der Waals surface area (Å²) in [5.41, 5.74) is 21.1. The number of hydrogen-bond donors (Lipinski definition) is 0. The second kappa shape index (κ2) is 25.6. The van der Waals surface area contributed by atoms with E-state index < -0.39 is 0 Å². The predicted octanol–water partition coefficient (Wildman–Crippen LogP) is 19.7. The van der Waals surface area contributed by atoms with Crippen molar-refractivity contribution >= 4 is 140 Å². The van der Waals surface area contributed by atoms with Crippen molar-refractivity contribution in [3.8, 4) is 21.5 Å². The third kappa shape index (κ3) is 11.5. The summed E-state index contributed by atoms with van der Waals surface area (Å²) < 4.78 is 19.6. The van der Waals surface area contributed by atoms with E-state index in [2.05, 4.69) is 107 Å². The molecule has 0 unspecified atom stereocenters. The van der Waals surface area contributed by atoms with Crippen LogP contribution in [0.5, 0.6) is 0 Å². The monoisotopic (exact) mass is 1340 g/mol. The standard InChI is InChI=1S/2C18H15NOS.C14H11NO3.C14H11NO2S.C13H10N2O2S/c1-10-4-7-13-9-15(20-14(13)8-10)18-19-16-11(2)5-6-12(3)17(16)21-18;1-10-5-4-6-14-13(10)9-15(20-14)18-19-16-11(2)7-8-12(3)17(16)21-18;2*1-8-5-6-9(2)12-11(8)13(16)15(14(12)17)10-4-3-7-18-10;1-7-3-4-8(2)11-10(7)12(16)15(13(11)17)9-5-18-6-14-9/h2*4-9H,1-3H3;2*3-7H,1-2H3;3-6H,1-2H3. The van der Waals surface area contributed by atoms with Gasteiger partial charge in [-0.1, -0.05) is 84.9 Å². The lowest BCUT2D eigenvalue weighted by molar-refractivity contribution is 0.0905. The molecule has 0 aliphatic carbocycles. The van der Waals surface area contributed by atoms with Crippen LogP contribution in [0.2, 0.25) is 0 Å². The Morgan fingerprint density at radius 2 is 0.875 bits per heavy atom. The zero-order valence-corrected chi connectivity index (χ0v) is 57.8. The first-order valence-corrected chi connectivity index (χ1v) is 34.2. The Balaban J connectivity index is 0.000000109. The first-order chi connectivity index (χ1) is 46.1. The fraction of sp³-hybridized carbons (Fsp3) is 0.156. The Labute approximate surface area is 568 Å². The number of imide groups is 3. The SMILES string of the molecule is Cc1ccc(C)c2c1C(=O)N(c1ccco1)C2=O.Cc1ccc(C)c2c1C(=O)N(c1cccs1)C2=O.Cc1ccc(C)c2c1C(=O)N(c1cscn1)C2=O.Cc1ccc2cc(-c3nc4c(C)ccc(C)c4s3)oc2c1.Cc1cccc2oc(-c3nc4c(C)ccc(C)c4s3)cc12. The molecular formula is C77H62N6O9S4.